The third-order valence-corrected chi connectivity index (χ3v) is 4.42. The third-order valence-electron chi connectivity index (χ3n) is 4.42. The molecule has 0 bridgehead atoms. The number of hydrogen-bond acceptors (Lipinski definition) is 9. The Morgan fingerprint density at radius 2 is 0.906 bits per heavy atom. The van der Waals surface area contributed by atoms with E-state index in [-0.39, 0.29) is 0 Å². The zero-order valence-corrected chi connectivity index (χ0v) is 22.4. The summed E-state index contributed by atoms with van der Waals surface area (Å²) in [6.45, 7) is 16.4. The smallest absolute Gasteiger partial charge is 0.282 e. The number of unbranched alkanes of at least 4 members (excludes halogenated alkanes) is 1. The van der Waals surface area contributed by atoms with Crippen LogP contribution in [0.2, 0.25) is 0 Å². The molecule has 0 aliphatic carbocycles. The van der Waals surface area contributed by atoms with Crippen LogP contribution in [0.1, 0.15) is 87.5 Å². The molecule has 198 valence electrons. The monoisotopic (exact) mass is 472 g/mol. The first-order valence-corrected chi connectivity index (χ1v) is 11.5. The Morgan fingerprint density at radius 1 is 0.562 bits per heavy atom. The summed E-state index contributed by atoms with van der Waals surface area (Å²) in [7, 11) is 4.76. The maximum Gasteiger partial charge on any atom is 0.282 e. The quantitative estimate of drug-likeness (QED) is 0.323. The van der Waals surface area contributed by atoms with Crippen molar-refractivity contribution < 1.29 is 43.7 Å². The highest BCUT2D eigenvalue weighted by molar-refractivity contribution is 4.68. The van der Waals surface area contributed by atoms with Crippen molar-refractivity contribution in [2.45, 2.75) is 105 Å². The van der Waals surface area contributed by atoms with Gasteiger partial charge in [0.05, 0.1) is 0 Å². The predicted octanol–water partition coefficient (Wildman–Crippen LogP) is 3.98. The molecule has 0 amide bonds. The lowest BCUT2D eigenvalue weighted by Gasteiger charge is -2.31. The zero-order valence-electron chi connectivity index (χ0n) is 22.4. The van der Waals surface area contributed by atoms with Crippen LogP contribution in [-0.4, -0.2) is 74.4 Å². The minimum absolute atomic E-state index is 0.611. The van der Waals surface area contributed by atoms with Crippen LogP contribution >= 0.6 is 0 Å². The van der Waals surface area contributed by atoms with E-state index in [9.17, 15) is 0 Å². The van der Waals surface area contributed by atoms with Crippen molar-refractivity contribution >= 4 is 0 Å². The molecular weight excluding hydrogens is 420 g/mol. The van der Waals surface area contributed by atoms with E-state index in [1.807, 2.05) is 20.8 Å². The van der Waals surface area contributed by atoms with E-state index in [2.05, 4.69) is 13.8 Å². The number of rotatable bonds is 14. The molecule has 9 nitrogen and oxygen atoms in total. The lowest BCUT2D eigenvalue weighted by atomic mass is 9.94. The molecule has 32 heavy (non-hydrogen) atoms. The fourth-order valence-electron chi connectivity index (χ4n) is 2.26. The molecule has 0 radical (unpaired) electrons. The number of methoxy groups -OCH3 is 3. The highest BCUT2D eigenvalue weighted by atomic mass is 16.9. The fourth-order valence-corrected chi connectivity index (χ4v) is 2.26. The van der Waals surface area contributed by atoms with E-state index in [1.54, 1.807) is 21.3 Å². The minimum Gasteiger partial charge on any atom is -0.343 e. The van der Waals surface area contributed by atoms with Crippen LogP contribution in [-0.2, 0) is 28.4 Å². The van der Waals surface area contributed by atoms with Crippen LogP contribution in [0.4, 0.5) is 0 Å². The van der Waals surface area contributed by atoms with Gasteiger partial charge in [0.25, 0.3) is 17.9 Å². The van der Waals surface area contributed by atoms with E-state index >= 15 is 0 Å². The summed E-state index contributed by atoms with van der Waals surface area (Å²) in [6, 6.07) is 0. The fraction of sp³-hybridized carbons (Fsp3) is 1.00. The van der Waals surface area contributed by atoms with Crippen LogP contribution in [0.25, 0.3) is 0 Å². The van der Waals surface area contributed by atoms with E-state index in [1.165, 1.54) is 20.8 Å². The Balaban J connectivity index is -0.000000406. The van der Waals surface area contributed by atoms with Crippen molar-refractivity contribution in [1.82, 2.24) is 0 Å². The van der Waals surface area contributed by atoms with E-state index in [0.717, 1.165) is 32.1 Å². The van der Waals surface area contributed by atoms with Gasteiger partial charge >= 0.3 is 0 Å². The zero-order chi connectivity index (χ0) is 25.9. The molecule has 0 spiro atoms. The average molecular weight is 473 g/mol. The van der Waals surface area contributed by atoms with Crippen LogP contribution < -0.4 is 0 Å². The van der Waals surface area contributed by atoms with E-state index < -0.39 is 23.3 Å². The van der Waals surface area contributed by atoms with Crippen molar-refractivity contribution in [2.24, 2.45) is 5.41 Å². The van der Waals surface area contributed by atoms with Gasteiger partial charge in [-0.25, -0.2) is 0 Å². The molecule has 0 aromatic carbocycles. The van der Waals surface area contributed by atoms with Crippen molar-refractivity contribution in [2.75, 3.05) is 41.2 Å². The van der Waals surface area contributed by atoms with Crippen LogP contribution in [0.15, 0.2) is 0 Å². The lowest BCUT2D eigenvalue weighted by molar-refractivity contribution is -0.379. The Bertz CT molecular complexity index is 349. The highest BCUT2D eigenvalue weighted by Crippen LogP contribution is 2.24. The predicted molar refractivity (Wildman–Crippen MR) is 125 cm³/mol. The maximum atomic E-state index is 8.47. The molecule has 0 unspecified atom stereocenters. The second-order valence-electron chi connectivity index (χ2n) is 8.02. The van der Waals surface area contributed by atoms with E-state index in [0.29, 0.717) is 19.8 Å². The molecule has 0 aliphatic heterocycles. The summed E-state index contributed by atoms with van der Waals surface area (Å²) in [4.78, 5) is 0. The molecule has 0 saturated carbocycles. The van der Waals surface area contributed by atoms with Gasteiger partial charge in [0.2, 0.25) is 0 Å². The van der Waals surface area contributed by atoms with Gasteiger partial charge in [-0.3, -0.25) is 0 Å². The Hall–Kier alpha value is -0.360. The second-order valence-corrected chi connectivity index (χ2v) is 8.02. The second kappa shape index (κ2) is 19.0. The summed E-state index contributed by atoms with van der Waals surface area (Å²) in [6.07, 6.45) is 4.68. The molecule has 3 N–H and O–H groups in total. The summed E-state index contributed by atoms with van der Waals surface area (Å²) >= 11 is 0. The summed E-state index contributed by atoms with van der Waals surface area (Å²) in [5, 5.41) is 25.4. The van der Waals surface area contributed by atoms with Crippen molar-refractivity contribution in [3.63, 3.8) is 0 Å². The first-order chi connectivity index (χ1) is 14.7. The van der Waals surface area contributed by atoms with Crippen molar-refractivity contribution in [3.05, 3.63) is 0 Å². The molecule has 0 aromatic rings. The van der Waals surface area contributed by atoms with Gasteiger partial charge in [-0.2, -0.15) is 0 Å². The molecule has 0 heterocycles. The molecule has 0 aromatic heterocycles. The topological polar surface area (TPSA) is 116 Å². The van der Waals surface area contributed by atoms with Gasteiger partial charge in [0.1, 0.15) is 0 Å². The minimum atomic E-state index is -2.56. The first-order valence-electron chi connectivity index (χ1n) is 11.5. The van der Waals surface area contributed by atoms with Crippen molar-refractivity contribution in [3.8, 4) is 0 Å². The van der Waals surface area contributed by atoms with Crippen LogP contribution in [0, 0.1) is 5.41 Å². The van der Waals surface area contributed by atoms with Gasteiger partial charge < -0.3 is 43.7 Å². The van der Waals surface area contributed by atoms with Crippen LogP contribution in [0.3, 0.4) is 0 Å². The van der Waals surface area contributed by atoms with Crippen LogP contribution in [0.5, 0.6) is 0 Å². The number of aliphatic hydroxyl groups is 3. The third kappa shape index (κ3) is 16.3. The first kappa shape index (κ1) is 36.2. The molecule has 0 atom stereocenters. The Labute approximate surface area is 196 Å². The van der Waals surface area contributed by atoms with Gasteiger partial charge in [0.15, 0.2) is 0 Å². The normalized spacial score (nSPS) is 12.6. The van der Waals surface area contributed by atoms with Gasteiger partial charge in [-0.15, -0.1) is 0 Å². The SMILES string of the molecule is CC(C)(C)C(O)(O)O.CCCC(OCC)(OCC)OCC.CCCCC(OC)(OC)OC. The average Bonchev–Trinajstić information content (AvgIpc) is 2.70. The van der Waals surface area contributed by atoms with Crippen molar-refractivity contribution in [1.29, 1.82) is 0 Å². The Kier molecular flexibility index (Phi) is 21.5. The number of ether oxygens (including phenoxy) is 6. The molecule has 0 saturated heterocycles. The lowest BCUT2D eigenvalue weighted by Crippen LogP contribution is -2.42. The highest BCUT2D eigenvalue weighted by Gasteiger charge is 2.35. The molecule has 0 aliphatic rings. The Morgan fingerprint density at radius 3 is 1.09 bits per heavy atom. The van der Waals surface area contributed by atoms with Gasteiger partial charge in [-0.1, -0.05) is 41.0 Å². The summed E-state index contributed by atoms with van der Waals surface area (Å²) in [5.74, 6) is -4.18. The van der Waals surface area contributed by atoms with Gasteiger partial charge in [-0.05, 0) is 33.6 Å². The molecule has 0 fully saturated rings. The summed E-state index contributed by atoms with van der Waals surface area (Å²) in [5.41, 5.74) is -0.896. The van der Waals surface area contributed by atoms with Gasteiger partial charge in [0, 0.05) is 59.4 Å². The maximum absolute atomic E-state index is 8.47. The standard InChI is InChI=1S/C10H22O3.C8H18O3.C5H12O3/c1-5-9-10(11-6-2,12-7-3)13-8-4;1-5-6-7-8(9-2,10-3)11-4;1-4(2,3)5(6,7)8/h5-9H2,1-4H3;5-7H2,1-4H3;6-8H,1-3H3. The largest absolute Gasteiger partial charge is 0.343 e. The molecule has 9 heteroatoms. The summed E-state index contributed by atoms with van der Waals surface area (Å²) < 4.78 is 31.8. The molecule has 0 rings (SSSR count). The molecular formula is C23H52O9. The van der Waals surface area contributed by atoms with E-state index in [4.69, 9.17) is 43.7 Å². The number of hydrogen-bond donors (Lipinski definition) is 3.